The fourth-order valence-electron chi connectivity index (χ4n) is 1.91. The van der Waals surface area contributed by atoms with Crippen LogP contribution in [0.1, 0.15) is 6.42 Å². The standard InChI is InChI=1S/C11H11FO6/c1-2-3-11(10(17)18)4-5(12)7(13)8(14)6(11)9(15)16/h2,4,6,13-14H,1,3H2,(H,15,16)(H,17,18). The van der Waals surface area contributed by atoms with Gasteiger partial charge in [0.05, 0.1) is 0 Å². The molecule has 2 atom stereocenters. The second kappa shape index (κ2) is 4.52. The number of aliphatic hydroxyl groups excluding tert-OH is 2. The van der Waals surface area contributed by atoms with Crippen LogP contribution < -0.4 is 0 Å². The van der Waals surface area contributed by atoms with Crippen LogP contribution in [0.3, 0.4) is 0 Å². The Bertz CT molecular complexity index is 478. The van der Waals surface area contributed by atoms with Crippen LogP contribution in [0.2, 0.25) is 0 Å². The molecule has 0 saturated heterocycles. The van der Waals surface area contributed by atoms with E-state index in [2.05, 4.69) is 6.58 Å². The van der Waals surface area contributed by atoms with Gasteiger partial charge in [0.2, 0.25) is 0 Å². The molecule has 1 aliphatic carbocycles. The van der Waals surface area contributed by atoms with Crippen LogP contribution in [0, 0.1) is 11.3 Å². The quantitative estimate of drug-likeness (QED) is 0.568. The highest BCUT2D eigenvalue weighted by Gasteiger charge is 2.53. The SMILES string of the molecule is C=CCC1(C(=O)O)C=C(F)C(O)=C(O)C1C(=O)O. The maximum absolute atomic E-state index is 13.3. The number of halogens is 1. The van der Waals surface area contributed by atoms with E-state index in [-0.39, 0.29) is 0 Å². The molecule has 0 amide bonds. The Kier molecular flexibility index (Phi) is 3.45. The Morgan fingerprint density at radius 1 is 1.44 bits per heavy atom. The van der Waals surface area contributed by atoms with Gasteiger partial charge in [0.15, 0.2) is 17.3 Å². The first-order chi connectivity index (χ1) is 8.27. The van der Waals surface area contributed by atoms with Crippen molar-refractivity contribution in [2.45, 2.75) is 6.42 Å². The summed E-state index contributed by atoms with van der Waals surface area (Å²) in [6.07, 6.45) is 1.17. The lowest BCUT2D eigenvalue weighted by Gasteiger charge is -2.33. The van der Waals surface area contributed by atoms with Crippen LogP contribution in [-0.2, 0) is 9.59 Å². The lowest BCUT2D eigenvalue weighted by molar-refractivity contribution is -0.159. The summed E-state index contributed by atoms with van der Waals surface area (Å²) in [6, 6.07) is 0. The molecule has 0 radical (unpaired) electrons. The lowest BCUT2D eigenvalue weighted by Crippen LogP contribution is -2.44. The normalized spacial score (nSPS) is 27.6. The number of hydrogen-bond donors (Lipinski definition) is 4. The molecule has 1 aliphatic rings. The summed E-state index contributed by atoms with van der Waals surface area (Å²) in [5, 5.41) is 36.7. The summed E-state index contributed by atoms with van der Waals surface area (Å²) in [5.41, 5.74) is -2.21. The van der Waals surface area contributed by atoms with Crippen molar-refractivity contribution in [2.75, 3.05) is 0 Å². The van der Waals surface area contributed by atoms with E-state index in [0.29, 0.717) is 6.08 Å². The maximum atomic E-state index is 13.3. The fraction of sp³-hybridized carbons (Fsp3) is 0.273. The van der Waals surface area contributed by atoms with Gasteiger partial charge in [-0.1, -0.05) is 6.08 Å². The molecule has 6 nitrogen and oxygen atoms in total. The average Bonchev–Trinajstić information content (AvgIpc) is 2.25. The smallest absolute Gasteiger partial charge is 0.315 e. The molecule has 0 spiro atoms. The van der Waals surface area contributed by atoms with Gasteiger partial charge in [-0.3, -0.25) is 9.59 Å². The molecule has 18 heavy (non-hydrogen) atoms. The summed E-state index contributed by atoms with van der Waals surface area (Å²) in [7, 11) is 0. The first kappa shape index (κ1) is 13.8. The van der Waals surface area contributed by atoms with E-state index < -0.39 is 47.0 Å². The van der Waals surface area contributed by atoms with Crippen LogP contribution in [0.25, 0.3) is 0 Å². The van der Waals surface area contributed by atoms with Crippen molar-refractivity contribution in [1.29, 1.82) is 0 Å². The van der Waals surface area contributed by atoms with E-state index >= 15 is 0 Å². The van der Waals surface area contributed by atoms with E-state index in [1.165, 1.54) is 0 Å². The highest BCUT2D eigenvalue weighted by molar-refractivity contribution is 5.88. The summed E-state index contributed by atoms with van der Waals surface area (Å²) in [4.78, 5) is 22.3. The van der Waals surface area contributed by atoms with Crippen molar-refractivity contribution >= 4 is 11.9 Å². The van der Waals surface area contributed by atoms with E-state index in [9.17, 15) is 19.1 Å². The van der Waals surface area contributed by atoms with Crippen molar-refractivity contribution in [1.82, 2.24) is 0 Å². The molecule has 0 aromatic heterocycles. The van der Waals surface area contributed by atoms with Crippen molar-refractivity contribution in [3.63, 3.8) is 0 Å². The van der Waals surface area contributed by atoms with Gasteiger partial charge in [-0.15, -0.1) is 6.58 Å². The third-order valence-corrected chi connectivity index (χ3v) is 2.77. The van der Waals surface area contributed by atoms with Crippen molar-refractivity contribution in [2.24, 2.45) is 11.3 Å². The van der Waals surface area contributed by atoms with Crippen LogP contribution in [0.4, 0.5) is 4.39 Å². The topological polar surface area (TPSA) is 115 Å². The van der Waals surface area contributed by atoms with E-state index in [1.54, 1.807) is 0 Å². The highest BCUT2D eigenvalue weighted by atomic mass is 19.1. The average molecular weight is 258 g/mol. The molecule has 0 bridgehead atoms. The molecule has 4 N–H and O–H groups in total. The number of carboxylic acid groups (broad SMARTS) is 2. The van der Waals surface area contributed by atoms with Crippen LogP contribution in [0.5, 0.6) is 0 Å². The zero-order valence-corrected chi connectivity index (χ0v) is 9.13. The van der Waals surface area contributed by atoms with Crippen molar-refractivity contribution in [3.05, 3.63) is 36.1 Å². The number of allylic oxidation sites excluding steroid dienone is 2. The summed E-state index contributed by atoms with van der Waals surface area (Å²) < 4.78 is 13.3. The van der Waals surface area contributed by atoms with E-state index in [4.69, 9.17) is 15.3 Å². The Morgan fingerprint density at radius 3 is 2.39 bits per heavy atom. The van der Waals surface area contributed by atoms with Gasteiger partial charge in [-0.05, 0) is 12.5 Å². The largest absolute Gasteiger partial charge is 0.507 e. The molecule has 2 unspecified atom stereocenters. The maximum Gasteiger partial charge on any atom is 0.315 e. The number of aliphatic carboxylic acids is 2. The monoisotopic (exact) mass is 258 g/mol. The summed E-state index contributed by atoms with van der Waals surface area (Å²) >= 11 is 0. The summed E-state index contributed by atoms with van der Waals surface area (Å²) in [5.74, 6) is -9.16. The van der Waals surface area contributed by atoms with Gasteiger partial charge in [-0.2, -0.15) is 0 Å². The van der Waals surface area contributed by atoms with Crippen LogP contribution in [-0.4, -0.2) is 32.4 Å². The molecule has 0 heterocycles. The molecule has 0 aromatic carbocycles. The van der Waals surface area contributed by atoms with Gasteiger partial charge >= 0.3 is 11.9 Å². The predicted octanol–water partition coefficient (Wildman–Crippen LogP) is 1.53. The first-order valence-electron chi connectivity index (χ1n) is 4.86. The van der Waals surface area contributed by atoms with E-state index in [1.807, 2.05) is 0 Å². The van der Waals surface area contributed by atoms with Gasteiger partial charge in [-0.25, -0.2) is 4.39 Å². The molecule has 0 fully saturated rings. The zero-order valence-electron chi connectivity index (χ0n) is 9.13. The van der Waals surface area contributed by atoms with Crippen LogP contribution in [0.15, 0.2) is 36.1 Å². The fourth-order valence-corrected chi connectivity index (χ4v) is 1.91. The van der Waals surface area contributed by atoms with Gasteiger partial charge in [0.1, 0.15) is 11.3 Å². The number of aliphatic hydroxyl groups is 2. The Labute approximate surface area is 101 Å². The second-order valence-corrected chi connectivity index (χ2v) is 3.84. The minimum absolute atomic E-state index is 0.413. The molecule has 0 aromatic rings. The van der Waals surface area contributed by atoms with Gasteiger partial charge in [0, 0.05) is 0 Å². The van der Waals surface area contributed by atoms with Gasteiger partial charge in [0.25, 0.3) is 0 Å². The molecular formula is C11H11FO6. The van der Waals surface area contributed by atoms with Crippen molar-refractivity contribution in [3.8, 4) is 0 Å². The Morgan fingerprint density at radius 2 is 2.00 bits per heavy atom. The number of hydrogen-bond acceptors (Lipinski definition) is 4. The molecule has 1 rings (SSSR count). The zero-order chi connectivity index (χ0) is 14.1. The van der Waals surface area contributed by atoms with Gasteiger partial charge < -0.3 is 20.4 Å². The highest BCUT2D eigenvalue weighted by Crippen LogP contribution is 2.44. The van der Waals surface area contributed by atoms with Crippen LogP contribution >= 0.6 is 0 Å². The minimum atomic E-state index is -2.21. The first-order valence-corrected chi connectivity index (χ1v) is 4.86. The molecule has 7 heteroatoms. The van der Waals surface area contributed by atoms with Crippen molar-refractivity contribution < 1.29 is 34.4 Å². The molecule has 0 aliphatic heterocycles. The lowest BCUT2D eigenvalue weighted by atomic mass is 9.69. The molecule has 0 saturated carbocycles. The molecule has 98 valence electrons. The summed E-state index contributed by atoms with van der Waals surface area (Å²) in [6.45, 7) is 3.28. The third kappa shape index (κ3) is 1.83. The van der Waals surface area contributed by atoms with E-state index in [0.717, 1.165) is 6.08 Å². The molecular weight excluding hydrogens is 247 g/mol. The number of rotatable bonds is 4. The number of carbonyl (C=O) groups is 2. The third-order valence-electron chi connectivity index (χ3n) is 2.77. The second-order valence-electron chi connectivity index (χ2n) is 3.84. The number of carboxylic acids is 2. The Hall–Kier alpha value is -2.31. The Balaban J connectivity index is 3.53. The predicted molar refractivity (Wildman–Crippen MR) is 57.5 cm³/mol. The minimum Gasteiger partial charge on any atom is -0.507 e.